The molecular weight excluding hydrogens is 284 g/mol. The molecule has 2 bridgehead atoms. The number of fused-ring (bicyclic) bond motifs is 2. The second-order valence-corrected chi connectivity index (χ2v) is 7.54. The van der Waals surface area contributed by atoms with Crippen molar-refractivity contribution in [2.75, 3.05) is 5.32 Å². The van der Waals surface area contributed by atoms with Gasteiger partial charge < -0.3 is 14.9 Å². The number of carboxylic acid groups (broad SMARTS) is 1. The molecule has 0 spiro atoms. The van der Waals surface area contributed by atoms with Crippen molar-refractivity contribution >= 4 is 17.7 Å². The predicted octanol–water partition coefficient (Wildman–Crippen LogP) is 2.66. The number of hydrogen-bond donors (Lipinski definition) is 2. The average Bonchev–Trinajstić information content (AvgIpc) is 3.11. The molecule has 22 heavy (non-hydrogen) atoms. The van der Waals surface area contributed by atoms with Gasteiger partial charge in [0.2, 0.25) is 5.91 Å². The lowest BCUT2D eigenvalue weighted by Crippen LogP contribution is -2.37. The molecule has 1 aromatic heterocycles. The minimum absolute atomic E-state index is 0.140. The topological polar surface area (TPSA) is 92.4 Å². The van der Waals surface area contributed by atoms with E-state index in [1.54, 1.807) is 6.07 Å². The second kappa shape index (κ2) is 5.11. The molecule has 0 saturated heterocycles. The number of nitrogens with one attached hydrogen (secondary N) is 1. The molecule has 2 aliphatic carbocycles. The summed E-state index contributed by atoms with van der Waals surface area (Å²) in [6.45, 7) is 5.99. The summed E-state index contributed by atoms with van der Waals surface area (Å²) in [5, 5.41) is 16.0. The van der Waals surface area contributed by atoms with Crippen LogP contribution in [0.3, 0.4) is 0 Å². The highest BCUT2D eigenvalue weighted by atomic mass is 16.5. The van der Waals surface area contributed by atoms with E-state index in [9.17, 15) is 14.7 Å². The Bertz CT molecular complexity index is 602. The van der Waals surface area contributed by atoms with Gasteiger partial charge in [-0.15, -0.1) is 0 Å². The Balaban J connectivity index is 1.74. The van der Waals surface area contributed by atoms with Crippen molar-refractivity contribution in [3.8, 4) is 0 Å². The summed E-state index contributed by atoms with van der Waals surface area (Å²) in [4.78, 5) is 24.0. The van der Waals surface area contributed by atoms with Gasteiger partial charge in [0.1, 0.15) is 5.76 Å². The fourth-order valence-corrected chi connectivity index (χ4v) is 3.92. The zero-order chi connectivity index (χ0) is 16.1. The zero-order valence-corrected chi connectivity index (χ0v) is 13.1. The van der Waals surface area contributed by atoms with Gasteiger partial charge in [0, 0.05) is 11.5 Å². The third-order valence-electron chi connectivity index (χ3n) is 5.00. The van der Waals surface area contributed by atoms with E-state index in [1.165, 1.54) is 0 Å². The van der Waals surface area contributed by atoms with Crippen LogP contribution in [0.2, 0.25) is 0 Å². The fraction of sp³-hybridized carbons (Fsp3) is 0.688. The number of anilines is 1. The Hall–Kier alpha value is -1.85. The second-order valence-electron chi connectivity index (χ2n) is 7.54. The Labute approximate surface area is 129 Å². The third kappa shape index (κ3) is 2.51. The fourth-order valence-electron chi connectivity index (χ4n) is 3.92. The molecule has 2 fully saturated rings. The number of aliphatic carboxylic acids is 1. The number of aromatic nitrogens is 1. The number of hydrogen-bond acceptors (Lipinski definition) is 4. The van der Waals surface area contributed by atoms with Gasteiger partial charge in [-0.05, 0) is 31.1 Å². The monoisotopic (exact) mass is 306 g/mol. The Morgan fingerprint density at radius 2 is 1.91 bits per heavy atom. The summed E-state index contributed by atoms with van der Waals surface area (Å²) in [5.41, 5.74) is -0.188. The van der Waals surface area contributed by atoms with Crippen LogP contribution in [0.4, 0.5) is 5.82 Å². The first-order valence-electron chi connectivity index (χ1n) is 7.78. The minimum atomic E-state index is -0.858. The van der Waals surface area contributed by atoms with E-state index in [1.807, 2.05) is 20.8 Å². The van der Waals surface area contributed by atoms with Gasteiger partial charge in [0.25, 0.3) is 0 Å². The maximum atomic E-state index is 12.5. The van der Waals surface area contributed by atoms with Crippen LogP contribution >= 0.6 is 0 Å². The first-order chi connectivity index (χ1) is 10.3. The molecule has 2 N–H and O–H groups in total. The molecule has 0 unspecified atom stereocenters. The van der Waals surface area contributed by atoms with Gasteiger partial charge in [0.05, 0.1) is 11.8 Å². The molecule has 1 heterocycles. The molecule has 1 aromatic rings. The van der Waals surface area contributed by atoms with Gasteiger partial charge >= 0.3 is 5.97 Å². The van der Waals surface area contributed by atoms with E-state index in [4.69, 9.17) is 4.52 Å². The maximum absolute atomic E-state index is 12.5. The van der Waals surface area contributed by atoms with Crippen LogP contribution in [0, 0.1) is 23.7 Å². The van der Waals surface area contributed by atoms with Gasteiger partial charge in [-0.3, -0.25) is 9.59 Å². The molecule has 4 atom stereocenters. The number of amides is 1. The molecule has 0 aromatic carbocycles. The number of carboxylic acids is 1. The molecule has 2 saturated carbocycles. The number of carbonyl (C=O) groups is 2. The van der Waals surface area contributed by atoms with Crippen molar-refractivity contribution < 1.29 is 19.2 Å². The van der Waals surface area contributed by atoms with Crippen molar-refractivity contribution in [2.45, 2.75) is 45.4 Å². The summed E-state index contributed by atoms with van der Waals surface area (Å²) >= 11 is 0. The third-order valence-corrected chi connectivity index (χ3v) is 5.00. The minimum Gasteiger partial charge on any atom is -0.481 e. The van der Waals surface area contributed by atoms with Gasteiger partial charge in [-0.25, -0.2) is 0 Å². The van der Waals surface area contributed by atoms with Gasteiger partial charge in [-0.1, -0.05) is 25.9 Å². The van der Waals surface area contributed by atoms with Crippen LogP contribution in [0.15, 0.2) is 10.6 Å². The van der Waals surface area contributed by atoms with Gasteiger partial charge in [-0.2, -0.15) is 0 Å². The number of carbonyl (C=O) groups excluding carboxylic acids is 1. The normalized spacial score (nSPS) is 30.5. The first-order valence-corrected chi connectivity index (χ1v) is 7.78. The van der Waals surface area contributed by atoms with Crippen molar-refractivity contribution in [2.24, 2.45) is 23.7 Å². The number of nitrogens with zero attached hydrogens (tertiary/aromatic N) is 1. The zero-order valence-electron chi connectivity index (χ0n) is 13.1. The van der Waals surface area contributed by atoms with Crippen LogP contribution in [-0.4, -0.2) is 22.1 Å². The van der Waals surface area contributed by atoms with Crippen LogP contribution < -0.4 is 5.32 Å². The van der Waals surface area contributed by atoms with Crippen molar-refractivity contribution in [1.82, 2.24) is 5.16 Å². The molecule has 3 rings (SSSR count). The van der Waals surface area contributed by atoms with E-state index < -0.39 is 17.8 Å². The number of rotatable bonds is 3. The average molecular weight is 306 g/mol. The summed E-state index contributed by atoms with van der Waals surface area (Å²) in [7, 11) is 0. The molecule has 0 radical (unpaired) electrons. The molecular formula is C16H22N2O4. The quantitative estimate of drug-likeness (QED) is 0.895. The summed E-state index contributed by atoms with van der Waals surface area (Å²) < 4.78 is 5.25. The van der Waals surface area contributed by atoms with Crippen LogP contribution in [-0.2, 0) is 15.0 Å². The lowest BCUT2D eigenvalue weighted by atomic mass is 9.79. The predicted molar refractivity (Wildman–Crippen MR) is 79.3 cm³/mol. The molecule has 0 aliphatic heterocycles. The Kier molecular flexibility index (Phi) is 3.50. The van der Waals surface area contributed by atoms with Crippen molar-refractivity contribution in [3.63, 3.8) is 0 Å². The van der Waals surface area contributed by atoms with E-state index in [0.29, 0.717) is 11.6 Å². The van der Waals surface area contributed by atoms with E-state index in [2.05, 4.69) is 10.5 Å². The summed E-state index contributed by atoms with van der Waals surface area (Å²) in [6, 6.07) is 1.71. The highest BCUT2D eigenvalue weighted by Crippen LogP contribution is 2.52. The Morgan fingerprint density at radius 3 is 2.45 bits per heavy atom. The van der Waals surface area contributed by atoms with Gasteiger partial charge in [0.15, 0.2) is 5.82 Å². The molecule has 6 heteroatoms. The largest absolute Gasteiger partial charge is 0.481 e. The molecule has 1 amide bonds. The Morgan fingerprint density at radius 1 is 1.27 bits per heavy atom. The highest BCUT2D eigenvalue weighted by molar-refractivity contribution is 5.95. The lowest BCUT2D eigenvalue weighted by Gasteiger charge is -2.26. The van der Waals surface area contributed by atoms with Crippen LogP contribution in [0.5, 0.6) is 0 Å². The molecule has 120 valence electrons. The SMILES string of the molecule is CC(C)(C)c1cc(NC(=O)[C@@H]2[C@H]3CC[C@@H](C3)[C@H]2C(=O)O)no1. The first kappa shape index (κ1) is 15.1. The maximum Gasteiger partial charge on any atom is 0.307 e. The van der Waals surface area contributed by atoms with E-state index in [-0.39, 0.29) is 23.2 Å². The lowest BCUT2D eigenvalue weighted by molar-refractivity contribution is -0.148. The smallest absolute Gasteiger partial charge is 0.307 e. The standard InChI is InChI=1S/C16H22N2O4/c1-16(2,3)10-7-11(18-22-10)17-14(19)12-8-4-5-9(6-8)13(12)15(20)21/h7-9,12-13H,4-6H2,1-3H3,(H,20,21)(H,17,18,19)/t8-,9-,12+,13+/m0/s1. The summed E-state index contributed by atoms with van der Waals surface area (Å²) in [6.07, 6.45) is 2.71. The van der Waals surface area contributed by atoms with Crippen molar-refractivity contribution in [1.29, 1.82) is 0 Å². The van der Waals surface area contributed by atoms with E-state index >= 15 is 0 Å². The van der Waals surface area contributed by atoms with Crippen molar-refractivity contribution in [3.05, 3.63) is 11.8 Å². The van der Waals surface area contributed by atoms with Crippen LogP contribution in [0.25, 0.3) is 0 Å². The van der Waals surface area contributed by atoms with Crippen LogP contribution in [0.1, 0.15) is 45.8 Å². The van der Waals surface area contributed by atoms with E-state index in [0.717, 1.165) is 19.3 Å². The highest BCUT2D eigenvalue weighted by Gasteiger charge is 2.54. The molecule has 6 nitrogen and oxygen atoms in total. The summed E-state index contributed by atoms with van der Waals surface area (Å²) in [5.74, 6) is -0.747. The molecule has 2 aliphatic rings.